The van der Waals surface area contributed by atoms with E-state index in [0.29, 0.717) is 13.0 Å². The summed E-state index contributed by atoms with van der Waals surface area (Å²) in [7, 11) is 0. The third-order valence-corrected chi connectivity index (χ3v) is 2.43. The summed E-state index contributed by atoms with van der Waals surface area (Å²) >= 11 is 0. The topological polar surface area (TPSA) is 105 Å². The Morgan fingerprint density at radius 1 is 1.44 bits per heavy atom. The Morgan fingerprint density at radius 3 is 2.83 bits per heavy atom. The van der Waals surface area contributed by atoms with Crippen LogP contribution in [0, 0.1) is 0 Å². The highest BCUT2D eigenvalue weighted by Crippen LogP contribution is 1.96. The van der Waals surface area contributed by atoms with Crippen molar-refractivity contribution in [3.8, 4) is 0 Å². The number of aliphatic carboxylic acids is 1. The molecule has 0 spiro atoms. The molecule has 0 saturated heterocycles. The molecule has 0 fully saturated rings. The van der Waals surface area contributed by atoms with Crippen LogP contribution in [0.3, 0.4) is 0 Å². The minimum Gasteiger partial charge on any atom is -0.480 e. The Bertz CT molecular complexity index is 395. The number of rotatable bonds is 7. The molecule has 0 bridgehead atoms. The van der Waals surface area contributed by atoms with Crippen LogP contribution in [0.15, 0.2) is 24.4 Å². The Balaban J connectivity index is 2.16. The van der Waals surface area contributed by atoms with Crippen molar-refractivity contribution in [2.24, 2.45) is 5.73 Å². The number of hydrogen-bond donors (Lipinski definition) is 3. The van der Waals surface area contributed by atoms with Gasteiger partial charge in [0.25, 0.3) is 0 Å². The fraction of sp³-hybridized carbons (Fsp3) is 0.417. The third kappa shape index (κ3) is 5.40. The van der Waals surface area contributed by atoms with Crippen molar-refractivity contribution in [3.63, 3.8) is 0 Å². The van der Waals surface area contributed by atoms with E-state index >= 15 is 0 Å². The zero-order valence-electron chi connectivity index (χ0n) is 10.0. The highest BCUT2D eigenvalue weighted by molar-refractivity contribution is 5.78. The van der Waals surface area contributed by atoms with E-state index in [1.54, 1.807) is 6.20 Å². The van der Waals surface area contributed by atoms with Crippen LogP contribution in [0.4, 0.5) is 0 Å². The van der Waals surface area contributed by atoms with E-state index in [0.717, 1.165) is 5.69 Å². The summed E-state index contributed by atoms with van der Waals surface area (Å²) in [5.74, 6) is -1.28. The van der Waals surface area contributed by atoms with Crippen LogP contribution in [0.5, 0.6) is 0 Å². The Labute approximate surface area is 105 Å². The van der Waals surface area contributed by atoms with Crippen LogP contribution < -0.4 is 11.1 Å². The minimum atomic E-state index is -1.09. The van der Waals surface area contributed by atoms with Gasteiger partial charge in [0.1, 0.15) is 6.04 Å². The van der Waals surface area contributed by atoms with Gasteiger partial charge in [-0.3, -0.25) is 14.6 Å². The second-order valence-corrected chi connectivity index (χ2v) is 3.90. The van der Waals surface area contributed by atoms with Crippen LogP contribution in [-0.4, -0.2) is 34.6 Å². The minimum absolute atomic E-state index is 0.121. The molecular formula is C12H17N3O3. The van der Waals surface area contributed by atoms with Crippen LogP contribution in [0.1, 0.15) is 18.5 Å². The van der Waals surface area contributed by atoms with Gasteiger partial charge in [-0.05, 0) is 18.6 Å². The van der Waals surface area contributed by atoms with Crippen LogP contribution in [0.25, 0.3) is 0 Å². The third-order valence-electron chi connectivity index (χ3n) is 2.43. The fourth-order valence-corrected chi connectivity index (χ4v) is 1.37. The smallest absolute Gasteiger partial charge is 0.320 e. The Morgan fingerprint density at radius 2 is 2.22 bits per heavy atom. The van der Waals surface area contributed by atoms with Crippen molar-refractivity contribution in [3.05, 3.63) is 30.1 Å². The largest absolute Gasteiger partial charge is 0.480 e. The number of nitrogens with one attached hydrogen (secondary N) is 1. The second-order valence-electron chi connectivity index (χ2n) is 3.90. The average molecular weight is 251 g/mol. The lowest BCUT2D eigenvalue weighted by Gasteiger charge is -2.07. The van der Waals surface area contributed by atoms with Gasteiger partial charge in [0.2, 0.25) is 5.91 Å². The SMILES string of the molecule is NC(CCC(=O)NCCc1ccccn1)C(=O)O. The van der Waals surface area contributed by atoms with E-state index in [9.17, 15) is 9.59 Å². The number of hydrogen-bond acceptors (Lipinski definition) is 4. The van der Waals surface area contributed by atoms with Crippen molar-refractivity contribution in [1.82, 2.24) is 10.3 Å². The number of pyridine rings is 1. The van der Waals surface area contributed by atoms with E-state index in [1.807, 2.05) is 18.2 Å². The summed E-state index contributed by atoms with van der Waals surface area (Å²) in [5.41, 5.74) is 6.20. The first-order valence-corrected chi connectivity index (χ1v) is 5.74. The summed E-state index contributed by atoms with van der Waals surface area (Å²) in [6.07, 6.45) is 2.61. The van der Waals surface area contributed by atoms with Gasteiger partial charge in [-0.2, -0.15) is 0 Å². The molecule has 18 heavy (non-hydrogen) atoms. The lowest BCUT2D eigenvalue weighted by atomic mass is 10.1. The Hall–Kier alpha value is -1.95. The summed E-state index contributed by atoms with van der Waals surface area (Å²) in [5, 5.41) is 11.3. The molecule has 0 aromatic carbocycles. The van der Waals surface area contributed by atoms with Crippen molar-refractivity contribution in [1.29, 1.82) is 0 Å². The van der Waals surface area contributed by atoms with Crippen molar-refractivity contribution < 1.29 is 14.7 Å². The van der Waals surface area contributed by atoms with Gasteiger partial charge in [-0.25, -0.2) is 0 Å². The van der Waals surface area contributed by atoms with Gasteiger partial charge in [0.05, 0.1) is 0 Å². The number of carbonyl (C=O) groups is 2. The maximum absolute atomic E-state index is 11.4. The number of nitrogens with zero attached hydrogens (tertiary/aromatic N) is 1. The maximum atomic E-state index is 11.4. The highest BCUT2D eigenvalue weighted by Gasteiger charge is 2.12. The number of carboxylic acid groups (broad SMARTS) is 1. The predicted octanol–water partition coefficient (Wildman–Crippen LogP) is -0.0676. The van der Waals surface area contributed by atoms with Crippen LogP contribution in [-0.2, 0) is 16.0 Å². The number of aromatic nitrogens is 1. The van der Waals surface area contributed by atoms with E-state index in [2.05, 4.69) is 10.3 Å². The molecule has 0 aliphatic carbocycles. The zero-order valence-corrected chi connectivity index (χ0v) is 10.0. The molecule has 0 saturated carbocycles. The summed E-state index contributed by atoms with van der Waals surface area (Å²) < 4.78 is 0. The average Bonchev–Trinajstić information content (AvgIpc) is 2.37. The van der Waals surface area contributed by atoms with E-state index in [1.165, 1.54) is 0 Å². The first kappa shape index (κ1) is 14.1. The lowest BCUT2D eigenvalue weighted by molar-refractivity contribution is -0.138. The molecule has 1 rings (SSSR count). The molecule has 4 N–H and O–H groups in total. The fourth-order valence-electron chi connectivity index (χ4n) is 1.37. The van der Waals surface area contributed by atoms with Crippen LogP contribution in [0.2, 0.25) is 0 Å². The first-order chi connectivity index (χ1) is 8.59. The van der Waals surface area contributed by atoms with E-state index in [-0.39, 0.29) is 18.7 Å². The van der Waals surface area contributed by atoms with Gasteiger partial charge in [0, 0.05) is 31.3 Å². The lowest BCUT2D eigenvalue weighted by Crippen LogP contribution is -2.33. The summed E-state index contributed by atoms with van der Waals surface area (Å²) in [6, 6.07) is 4.62. The zero-order chi connectivity index (χ0) is 13.4. The second kappa shape index (κ2) is 7.39. The number of amides is 1. The summed E-state index contributed by atoms with van der Waals surface area (Å²) in [6.45, 7) is 0.484. The molecule has 6 nitrogen and oxygen atoms in total. The summed E-state index contributed by atoms with van der Waals surface area (Å²) in [4.78, 5) is 26.0. The van der Waals surface area contributed by atoms with Crippen LogP contribution >= 0.6 is 0 Å². The Kier molecular flexibility index (Phi) is 5.79. The maximum Gasteiger partial charge on any atom is 0.320 e. The van der Waals surface area contributed by atoms with E-state index < -0.39 is 12.0 Å². The quantitative estimate of drug-likeness (QED) is 0.629. The number of carbonyl (C=O) groups excluding carboxylic acids is 1. The molecule has 0 aliphatic heterocycles. The molecule has 0 aliphatic rings. The van der Waals surface area contributed by atoms with Gasteiger partial charge in [0.15, 0.2) is 0 Å². The molecule has 1 aromatic heterocycles. The normalized spacial score (nSPS) is 11.8. The van der Waals surface area contributed by atoms with Gasteiger partial charge in [-0.1, -0.05) is 6.07 Å². The molecule has 6 heteroatoms. The predicted molar refractivity (Wildman–Crippen MR) is 65.8 cm³/mol. The molecule has 0 radical (unpaired) electrons. The molecule has 1 aromatic rings. The van der Waals surface area contributed by atoms with E-state index in [4.69, 9.17) is 10.8 Å². The van der Waals surface area contributed by atoms with Crippen molar-refractivity contribution >= 4 is 11.9 Å². The standard InChI is InChI=1S/C12H17N3O3/c13-10(12(17)18)4-5-11(16)15-8-6-9-3-1-2-7-14-9/h1-3,7,10H,4-6,8,13H2,(H,15,16)(H,17,18). The van der Waals surface area contributed by atoms with Gasteiger partial charge in [-0.15, -0.1) is 0 Å². The monoisotopic (exact) mass is 251 g/mol. The number of nitrogens with two attached hydrogens (primary N) is 1. The highest BCUT2D eigenvalue weighted by atomic mass is 16.4. The molecule has 1 atom stereocenters. The van der Waals surface area contributed by atoms with Gasteiger partial charge < -0.3 is 16.2 Å². The molecule has 1 amide bonds. The molecule has 1 heterocycles. The molecular weight excluding hydrogens is 234 g/mol. The van der Waals surface area contributed by atoms with Gasteiger partial charge >= 0.3 is 5.97 Å². The number of carboxylic acids is 1. The molecule has 1 unspecified atom stereocenters. The van der Waals surface area contributed by atoms with Crippen molar-refractivity contribution in [2.75, 3.05) is 6.54 Å². The van der Waals surface area contributed by atoms with Crippen molar-refractivity contribution in [2.45, 2.75) is 25.3 Å². The first-order valence-electron chi connectivity index (χ1n) is 5.74. The molecule has 98 valence electrons.